The topological polar surface area (TPSA) is 133 Å². The zero-order chi connectivity index (χ0) is 21.9. The van der Waals surface area contributed by atoms with E-state index in [0.717, 1.165) is 64.6 Å². The standard InChI is InChI=1S/C21H35N3O3.CH2O2/c1-14(20-9-15-8-16(10-20)12-21(27,11-15)13-20)23-18(25)4-7-24-5-2-17(3-6-24)19(22)26;2-1-3/h14-17,27H,2-13H2,1H3,(H2,22,26)(H,23,25);1H,(H,2,3). The summed E-state index contributed by atoms with van der Waals surface area (Å²) in [6.45, 7) is 4.33. The maximum Gasteiger partial charge on any atom is 0.290 e. The third-order valence-corrected chi connectivity index (χ3v) is 8.02. The molecular formula is C22H37N3O5. The van der Waals surface area contributed by atoms with Gasteiger partial charge in [-0.3, -0.25) is 14.4 Å². The Morgan fingerprint density at radius 1 is 1.20 bits per heavy atom. The molecule has 5 aliphatic rings. The van der Waals surface area contributed by atoms with E-state index in [4.69, 9.17) is 15.6 Å². The van der Waals surface area contributed by atoms with Gasteiger partial charge in [0, 0.05) is 24.9 Å². The Kier molecular flexibility index (Phi) is 7.07. The first-order valence-electron chi connectivity index (χ1n) is 11.3. The second-order valence-electron chi connectivity index (χ2n) is 10.2. The molecule has 1 aliphatic heterocycles. The molecule has 0 aromatic heterocycles. The Labute approximate surface area is 178 Å². The van der Waals surface area contributed by atoms with Gasteiger partial charge in [0.25, 0.3) is 6.47 Å². The molecule has 5 N–H and O–H groups in total. The largest absolute Gasteiger partial charge is 0.483 e. The highest BCUT2D eigenvalue weighted by molar-refractivity contribution is 5.77. The number of carbonyl (C=O) groups is 3. The summed E-state index contributed by atoms with van der Waals surface area (Å²) in [6, 6.07) is 0.128. The van der Waals surface area contributed by atoms with Crippen molar-refractivity contribution < 1.29 is 24.6 Å². The number of nitrogens with zero attached hydrogens (tertiary/aromatic N) is 1. The van der Waals surface area contributed by atoms with Gasteiger partial charge in [0.05, 0.1) is 5.60 Å². The summed E-state index contributed by atoms with van der Waals surface area (Å²) in [4.78, 5) is 34.4. The van der Waals surface area contributed by atoms with E-state index >= 15 is 0 Å². The number of hydrogen-bond acceptors (Lipinski definition) is 5. The van der Waals surface area contributed by atoms with Crippen molar-refractivity contribution in [3.8, 4) is 0 Å². The number of aliphatic hydroxyl groups is 1. The van der Waals surface area contributed by atoms with Crippen molar-refractivity contribution in [1.29, 1.82) is 0 Å². The summed E-state index contributed by atoms with van der Waals surface area (Å²) < 4.78 is 0. The van der Waals surface area contributed by atoms with Crippen molar-refractivity contribution in [2.24, 2.45) is 28.9 Å². The van der Waals surface area contributed by atoms with Crippen LogP contribution in [0, 0.1) is 23.2 Å². The first-order valence-corrected chi connectivity index (χ1v) is 11.3. The van der Waals surface area contributed by atoms with Crippen LogP contribution in [0.15, 0.2) is 0 Å². The molecule has 5 fully saturated rings. The van der Waals surface area contributed by atoms with Gasteiger partial charge in [0.2, 0.25) is 11.8 Å². The summed E-state index contributed by atoms with van der Waals surface area (Å²) in [5.74, 6) is 1.20. The molecule has 170 valence electrons. The molecule has 0 spiro atoms. The SMILES string of the molecule is CC(NC(=O)CCN1CCC(C(N)=O)CC1)C12CC3CC(CC(O)(C3)C1)C2.O=CO. The number of carboxylic acid groups (broad SMARTS) is 1. The molecule has 0 radical (unpaired) electrons. The second-order valence-corrected chi connectivity index (χ2v) is 10.2. The fraction of sp³-hybridized carbons (Fsp3) is 0.864. The van der Waals surface area contributed by atoms with Crippen LogP contribution in [0.3, 0.4) is 0 Å². The van der Waals surface area contributed by atoms with Crippen LogP contribution in [0.4, 0.5) is 0 Å². The molecule has 4 bridgehead atoms. The highest BCUT2D eigenvalue weighted by Crippen LogP contribution is 2.62. The molecule has 0 aromatic rings. The fourth-order valence-electron chi connectivity index (χ4n) is 6.96. The summed E-state index contributed by atoms with van der Waals surface area (Å²) in [5.41, 5.74) is 5.00. The molecule has 5 rings (SSSR count). The van der Waals surface area contributed by atoms with Gasteiger partial charge in [-0.2, -0.15) is 0 Å². The summed E-state index contributed by atoms with van der Waals surface area (Å²) >= 11 is 0. The third-order valence-electron chi connectivity index (χ3n) is 8.02. The van der Waals surface area contributed by atoms with E-state index in [2.05, 4.69) is 17.1 Å². The second kappa shape index (κ2) is 9.22. The number of likely N-dealkylation sites (tertiary alicyclic amines) is 1. The molecular weight excluding hydrogens is 386 g/mol. The van der Waals surface area contributed by atoms with Crippen molar-refractivity contribution in [2.45, 2.75) is 76.4 Å². The van der Waals surface area contributed by atoms with E-state index < -0.39 is 5.60 Å². The number of carbonyl (C=O) groups excluding carboxylic acids is 2. The number of nitrogens with two attached hydrogens (primary N) is 1. The van der Waals surface area contributed by atoms with Crippen molar-refractivity contribution in [2.75, 3.05) is 19.6 Å². The number of nitrogens with one attached hydrogen (secondary N) is 1. The Balaban J connectivity index is 0.000000806. The highest BCUT2D eigenvalue weighted by Gasteiger charge is 2.58. The Hall–Kier alpha value is -1.67. The highest BCUT2D eigenvalue weighted by atomic mass is 16.3. The van der Waals surface area contributed by atoms with E-state index in [1.807, 2.05) is 0 Å². The minimum Gasteiger partial charge on any atom is -0.483 e. The molecule has 4 aliphatic carbocycles. The van der Waals surface area contributed by atoms with Crippen LogP contribution >= 0.6 is 0 Å². The Bertz CT molecular complexity index is 633. The van der Waals surface area contributed by atoms with Gasteiger partial charge in [-0.05, 0) is 88.6 Å². The number of primary amides is 1. The smallest absolute Gasteiger partial charge is 0.290 e. The minimum absolute atomic E-state index is 0.00279. The van der Waals surface area contributed by atoms with Gasteiger partial charge in [-0.15, -0.1) is 0 Å². The Morgan fingerprint density at radius 3 is 2.27 bits per heavy atom. The maximum atomic E-state index is 12.6. The number of amides is 2. The van der Waals surface area contributed by atoms with Crippen LogP contribution in [0.25, 0.3) is 0 Å². The van der Waals surface area contributed by atoms with Gasteiger partial charge in [-0.1, -0.05) is 0 Å². The molecule has 3 atom stereocenters. The predicted molar refractivity (Wildman–Crippen MR) is 111 cm³/mol. The van der Waals surface area contributed by atoms with Crippen LogP contribution in [0.5, 0.6) is 0 Å². The molecule has 8 heteroatoms. The van der Waals surface area contributed by atoms with Crippen molar-refractivity contribution in [1.82, 2.24) is 10.2 Å². The molecule has 1 heterocycles. The van der Waals surface area contributed by atoms with Crippen LogP contribution in [-0.2, 0) is 14.4 Å². The van der Waals surface area contributed by atoms with Crippen molar-refractivity contribution >= 4 is 18.3 Å². The summed E-state index contributed by atoms with van der Waals surface area (Å²) in [7, 11) is 0. The fourth-order valence-corrected chi connectivity index (χ4v) is 6.96. The van der Waals surface area contributed by atoms with Crippen LogP contribution in [-0.4, -0.2) is 64.7 Å². The number of rotatable bonds is 6. The van der Waals surface area contributed by atoms with Crippen LogP contribution in [0.2, 0.25) is 0 Å². The lowest BCUT2D eigenvalue weighted by molar-refractivity contribution is -0.173. The van der Waals surface area contributed by atoms with Gasteiger partial charge in [0.1, 0.15) is 0 Å². The van der Waals surface area contributed by atoms with E-state index in [-0.39, 0.29) is 35.7 Å². The molecule has 1 saturated heterocycles. The average molecular weight is 424 g/mol. The average Bonchev–Trinajstić information content (AvgIpc) is 2.65. The monoisotopic (exact) mass is 423 g/mol. The predicted octanol–water partition coefficient (Wildman–Crippen LogP) is 1.11. The van der Waals surface area contributed by atoms with E-state index in [0.29, 0.717) is 18.3 Å². The summed E-state index contributed by atoms with van der Waals surface area (Å²) in [5, 5.41) is 21.1. The lowest BCUT2D eigenvalue weighted by Crippen LogP contribution is -2.61. The number of hydrogen-bond donors (Lipinski definition) is 4. The van der Waals surface area contributed by atoms with Gasteiger partial charge in [-0.25, -0.2) is 0 Å². The zero-order valence-electron chi connectivity index (χ0n) is 18.0. The normalized spacial score (nSPS) is 36.5. The Morgan fingerprint density at radius 2 is 1.77 bits per heavy atom. The molecule has 8 nitrogen and oxygen atoms in total. The van der Waals surface area contributed by atoms with E-state index in [9.17, 15) is 14.7 Å². The summed E-state index contributed by atoms with van der Waals surface area (Å²) in [6.07, 6.45) is 8.48. The molecule has 2 amide bonds. The molecule has 4 saturated carbocycles. The first-order chi connectivity index (χ1) is 14.2. The molecule has 0 aromatic carbocycles. The quantitative estimate of drug-likeness (QED) is 0.473. The van der Waals surface area contributed by atoms with E-state index in [1.165, 1.54) is 6.42 Å². The molecule has 3 unspecified atom stereocenters. The first kappa shape index (κ1) is 23.0. The van der Waals surface area contributed by atoms with Gasteiger partial charge in [0.15, 0.2) is 0 Å². The maximum absolute atomic E-state index is 12.6. The van der Waals surface area contributed by atoms with Gasteiger partial charge >= 0.3 is 0 Å². The molecule has 30 heavy (non-hydrogen) atoms. The minimum atomic E-state index is -0.478. The van der Waals surface area contributed by atoms with Crippen LogP contribution in [0.1, 0.15) is 64.7 Å². The van der Waals surface area contributed by atoms with Crippen LogP contribution < -0.4 is 11.1 Å². The third kappa shape index (κ3) is 5.14. The zero-order valence-corrected chi connectivity index (χ0v) is 18.0. The van der Waals surface area contributed by atoms with Crippen molar-refractivity contribution in [3.05, 3.63) is 0 Å². The van der Waals surface area contributed by atoms with Gasteiger partial charge < -0.3 is 26.2 Å². The lowest BCUT2D eigenvalue weighted by atomic mass is 9.46. The van der Waals surface area contributed by atoms with E-state index in [1.54, 1.807) is 0 Å². The number of piperidine rings is 1. The van der Waals surface area contributed by atoms with Crippen molar-refractivity contribution in [3.63, 3.8) is 0 Å². The lowest BCUT2D eigenvalue weighted by Gasteiger charge is -2.62.